The molecule has 1 amide bonds. The van der Waals surface area contributed by atoms with Crippen molar-refractivity contribution in [2.75, 3.05) is 20.2 Å². The minimum absolute atomic E-state index is 0.0713. The summed E-state index contributed by atoms with van der Waals surface area (Å²) in [5.41, 5.74) is 2.93. The Kier molecular flexibility index (Phi) is 5.23. The van der Waals surface area contributed by atoms with Gasteiger partial charge in [0.05, 0.1) is 13.3 Å². The maximum Gasteiger partial charge on any atom is 0.349 e. The summed E-state index contributed by atoms with van der Waals surface area (Å²) in [7, 11) is 1.64. The number of hydrogen-bond acceptors (Lipinski definition) is 5. The number of carbonyl (C=O) groups is 1. The van der Waals surface area contributed by atoms with Crippen LogP contribution in [-0.2, 0) is 0 Å². The van der Waals surface area contributed by atoms with Crippen molar-refractivity contribution in [3.05, 3.63) is 82.5 Å². The molecule has 0 aliphatic carbocycles. The molecule has 2 aromatic carbocycles. The topological polar surface area (TPSA) is 88.4 Å². The maximum atomic E-state index is 13.2. The number of hydrogen-bond donors (Lipinski definition) is 1. The van der Waals surface area contributed by atoms with Crippen LogP contribution in [0.25, 0.3) is 22.1 Å². The molecule has 32 heavy (non-hydrogen) atoms. The van der Waals surface area contributed by atoms with E-state index in [-0.39, 0.29) is 17.4 Å². The number of piperidine rings is 1. The summed E-state index contributed by atoms with van der Waals surface area (Å²) in [4.78, 5) is 27.5. The Hall–Kier alpha value is -3.87. The van der Waals surface area contributed by atoms with E-state index in [2.05, 4.69) is 10.2 Å². The van der Waals surface area contributed by atoms with Gasteiger partial charge in [0.25, 0.3) is 5.91 Å². The number of methoxy groups -OCH3 is 1. The molecule has 1 unspecified atom stereocenters. The normalized spacial score (nSPS) is 16.3. The zero-order chi connectivity index (χ0) is 22.1. The molecule has 1 saturated heterocycles. The van der Waals surface area contributed by atoms with Gasteiger partial charge in [-0.05, 0) is 42.7 Å². The van der Waals surface area contributed by atoms with E-state index in [1.165, 1.54) is 0 Å². The second-order valence-electron chi connectivity index (χ2n) is 8.00. The summed E-state index contributed by atoms with van der Waals surface area (Å²) in [5, 5.41) is 8.14. The lowest BCUT2D eigenvalue weighted by Crippen LogP contribution is -2.41. The van der Waals surface area contributed by atoms with Crippen LogP contribution in [0.2, 0.25) is 0 Å². The molecule has 7 nitrogen and oxygen atoms in total. The highest BCUT2D eigenvalue weighted by atomic mass is 16.5. The number of aromatic nitrogens is 2. The quantitative estimate of drug-likeness (QED) is 0.491. The Morgan fingerprint density at radius 1 is 1.19 bits per heavy atom. The van der Waals surface area contributed by atoms with Crippen LogP contribution < -0.4 is 10.4 Å². The van der Waals surface area contributed by atoms with Gasteiger partial charge in [0, 0.05) is 35.7 Å². The predicted molar refractivity (Wildman–Crippen MR) is 121 cm³/mol. The first-order valence-electron chi connectivity index (χ1n) is 10.6. The molecule has 7 heteroatoms. The van der Waals surface area contributed by atoms with Crippen LogP contribution in [0.5, 0.6) is 5.75 Å². The molecule has 1 aliphatic heterocycles. The van der Waals surface area contributed by atoms with E-state index in [0.29, 0.717) is 18.7 Å². The average Bonchev–Trinajstić information content (AvgIpc) is 3.33. The molecule has 1 aliphatic rings. The monoisotopic (exact) mass is 429 g/mol. The molecule has 1 N–H and O–H groups in total. The molecule has 162 valence electrons. The van der Waals surface area contributed by atoms with E-state index in [1.54, 1.807) is 30.2 Å². The molecule has 4 aromatic rings. The average molecular weight is 429 g/mol. The molecule has 5 rings (SSSR count). The van der Waals surface area contributed by atoms with E-state index in [0.717, 1.165) is 40.8 Å². The van der Waals surface area contributed by atoms with Crippen molar-refractivity contribution < 1.29 is 13.9 Å². The number of ether oxygens (including phenoxy) is 1. The van der Waals surface area contributed by atoms with Gasteiger partial charge in [-0.15, -0.1) is 0 Å². The summed E-state index contributed by atoms with van der Waals surface area (Å²) in [6, 6.07) is 16.7. The van der Waals surface area contributed by atoms with Crippen molar-refractivity contribution in [2.45, 2.75) is 18.8 Å². The third kappa shape index (κ3) is 3.66. The highest BCUT2D eigenvalue weighted by molar-refractivity contribution is 5.96. The number of fused-ring (bicyclic) bond motifs is 1. The van der Waals surface area contributed by atoms with Gasteiger partial charge in [-0.25, -0.2) is 4.79 Å². The third-order valence-electron chi connectivity index (χ3n) is 6.04. The number of para-hydroxylation sites is 1. The van der Waals surface area contributed by atoms with E-state index in [9.17, 15) is 9.59 Å². The Morgan fingerprint density at radius 2 is 2.06 bits per heavy atom. The molecular formula is C25H23N3O4. The van der Waals surface area contributed by atoms with Gasteiger partial charge in [-0.3, -0.25) is 9.89 Å². The van der Waals surface area contributed by atoms with E-state index in [4.69, 9.17) is 9.15 Å². The van der Waals surface area contributed by atoms with Crippen LogP contribution in [0.3, 0.4) is 0 Å². The number of carbonyl (C=O) groups excluding carboxylic acids is 1. The number of aromatic amines is 1. The lowest BCUT2D eigenvalue weighted by atomic mass is 9.90. The van der Waals surface area contributed by atoms with Crippen LogP contribution >= 0.6 is 0 Å². The number of H-pyrrole nitrogens is 1. The maximum absolute atomic E-state index is 13.2. The number of rotatable bonds is 4. The van der Waals surface area contributed by atoms with E-state index >= 15 is 0 Å². The standard InChI is InChI=1S/C25H23N3O4/c1-31-19-9-4-7-16(12-19)21-14-26-27-23(21)18-8-5-11-28(15-18)24(29)20-13-17-6-2-3-10-22(17)32-25(20)30/h2-4,6-7,9-10,12-14,18H,5,8,11,15H2,1H3,(H,26,27). The summed E-state index contributed by atoms with van der Waals surface area (Å²) in [6.07, 6.45) is 3.57. The predicted octanol–water partition coefficient (Wildman–Crippen LogP) is 4.21. The first-order chi connectivity index (χ1) is 15.6. The van der Waals surface area contributed by atoms with Crippen molar-refractivity contribution in [3.8, 4) is 16.9 Å². The molecule has 0 saturated carbocycles. The van der Waals surface area contributed by atoms with Gasteiger partial charge in [-0.2, -0.15) is 5.10 Å². The minimum atomic E-state index is -0.602. The Labute approximate surface area is 184 Å². The fourth-order valence-corrected chi connectivity index (χ4v) is 4.41. The van der Waals surface area contributed by atoms with Gasteiger partial charge in [0.15, 0.2) is 0 Å². The zero-order valence-electron chi connectivity index (χ0n) is 17.7. The van der Waals surface area contributed by atoms with E-state index < -0.39 is 5.63 Å². The Morgan fingerprint density at radius 3 is 2.94 bits per heavy atom. The molecule has 0 spiro atoms. The lowest BCUT2D eigenvalue weighted by molar-refractivity contribution is 0.0702. The fourth-order valence-electron chi connectivity index (χ4n) is 4.41. The van der Waals surface area contributed by atoms with Crippen molar-refractivity contribution in [2.24, 2.45) is 0 Å². The van der Waals surface area contributed by atoms with Gasteiger partial charge in [-0.1, -0.05) is 30.3 Å². The van der Waals surface area contributed by atoms with Crippen molar-refractivity contribution in [1.29, 1.82) is 0 Å². The molecular weight excluding hydrogens is 406 g/mol. The number of likely N-dealkylation sites (tertiary alicyclic amines) is 1. The summed E-state index contributed by atoms with van der Waals surface area (Å²) in [6.45, 7) is 1.11. The van der Waals surface area contributed by atoms with Crippen LogP contribution in [0.4, 0.5) is 0 Å². The van der Waals surface area contributed by atoms with Gasteiger partial charge < -0.3 is 14.1 Å². The number of amides is 1. The zero-order valence-corrected chi connectivity index (χ0v) is 17.7. The summed E-state index contributed by atoms with van der Waals surface area (Å²) < 4.78 is 10.7. The number of nitrogens with one attached hydrogen (secondary N) is 1. The largest absolute Gasteiger partial charge is 0.497 e. The van der Waals surface area contributed by atoms with Crippen molar-refractivity contribution in [3.63, 3.8) is 0 Å². The number of nitrogens with zero attached hydrogens (tertiary/aromatic N) is 2. The molecule has 2 aromatic heterocycles. The highest BCUT2D eigenvalue weighted by Crippen LogP contribution is 2.34. The lowest BCUT2D eigenvalue weighted by Gasteiger charge is -2.32. The van der Waals surface area contributed by atoms with Crippen LogP contribution in [0, 0.1) is 0 Å². The Bertz CT molecular complexity index is 1340. The van der Waals surface area contributed by atoms with Crippen LogP contribution in [0.15, 0.2) is 70.0 Å². The first-order valence-corrected chi connectivity index (χ1v) is 10.6. The first kappa shape index (κ1) is 20.1. The molecule has 1 fully saturated rings. The second-order valence-corrected chi connectivity index (χ2v) is 8.00. The SMILES string of the molecule is COc1cccc(-c2cn[nH]c2C2CCCN(C(=O)c3cc4ccccc4oc3=O)C2)c1. The molecule has 1 atom stereocenters. The van der Waals surface area contributed by atoms with Crippen LogP contribution in [0.1, 0.15) is 34.8 Å². The van der Waals surface area contributed by atoms with Gasteiger partial charge in [0.2, 0.25) is 0 Å². The summed E-state index contributed by atoms with van der Waals surface area (Å²) >= 11 is 0. The third-order valence-corrected chi connectivity index (χ3v) is 6.04. The van der Waals surface area contributed by atoms with Crippen molar-refractivity contribution in [1.82, 2.24) is 15.1 Å². The minimum Gasteiger partial charge on any atom is -0.497 e. The van der Waals surface area contributed by atoms with E-state index in [1.807, 2.05) is 42.6 Å². The van der Waals surface area contributed by atoms with Crippen molar-refractivity contribution >= 4 is 16.9 Å². The smallest absolute Gasteiger partial charge is 0.349 e. The molecule has 3 heterocycles. The second kappa shape index (κ2) is 8.34. The molecule has 0 radical (unpaired) electrons. The van der Waals surface area contributed by atoms with Crippen LogP contribution in [-0.4, -0.2) is 41.2 Å². The van der Waals surface area contributed by atoms with Gasteiger partial charge in [0.1, 0.15) is 16.9 Å². The number of benzene rings is 2. The highest BCUT2D eigenvalue weighted by Gasteiger charge is 2.29. The fraction of sp³-hybridized carbons (Fsp3) is 0.240. The summed E-state index contributed by atoms with van der Waals surface area (Å²) in [5.74, 6) is 0.568. The van der Waals surface area contributed by atoms with Gasteiger partial charge >= 0.3 is 5.63 Å². The Balaban J connectivity index is 1.42. The molecule has 0 bridgehead atoms.